The second-order valence-electron chi connectivity index (χ2n) is 6.09. The number of hydrogen-bond acceptors (Lipinski definition) is 5. The minimum Gasteiger partial charge on any atom is -0.459 e. The van der Waals surface area contributed by atoms with Crippen molar-refractivity contribution in [3.8, 4) is 0 Å². The largest absolute Gasteiger partial charge is 0.459 e. The molecule has 1 atom stereocenters. The van der Waals surface area contributed by atoms with E-state index >= 15 is 0 Å². The van der Waals surface area contributed by atoms with Crippen LogP contribution in [0, 0.1) is 6.92 Å². The molecule has 0 spiro atoms. The zero-order valence-electron chi connectivity index (χ0n) is 14.5. The molecule has 2 aromatic heterocycles. The molecule has 7 heteroatoms. The second kappa shape index (κ2) is 6.72. The Balaban J connectivity index is 1.79. The highest BCUT2D eigenvalue weighted by Crippen LogP contribution is 2.26. The first-order valence-electron chi connectivity index (χ1n) is 7.86. The van der Waals surface area contributed by atoms with Crippen LogP contribution in [0.2, 0.25) is 5.02 Å². The average molecular weight is 359 g/mol. The molecular weight excluding hydrogens is 340 g/mol. The normalized spacial score (nSPS) is 12.2. The molecule has 0 aliphatic heterocycles. The van der Waals surface area contributed by atoms with Crippen LogP contribution in [0.5, 0.6) is 0 Å². The van der Waals surface area contributed by atoms with Gasteiger partial charge in [-0.1, -0.05) is 11.6 Å². The lowest BCUT2D eigenvalue weighted by molar-refractivity contribution is 0.0934. The molecule has 0 aliphatic carbocycles. The van der Waals surface area contributed by atoms with E-state index in [1.165, 1.54) is 6.20 Å². The van der Waals surface area contributed by atoms with Gasteiger partial charge in [0.1, 0.15) is 11.3 Å². The fourth-order valence-electron chi connectivity index (χ4n) is 2.49. The SMILES string of the molecule is Cc1nc(N(C)C)ncc1C(=O)NC(C)c1cc2cc(Cl)ccc2o1. The standard InChI is InChI=1S/C18H19ClN4O2/c1-10-14(9-20-18(22-10)23(3)4)17(24)21-11(2)16-8-12-7-13(19)5-6-15(12)25-16/h5-9,11H,1-4H3,(H,21,24). The van der Waals surface area contributed by atoms with E-state index in [9.17, 15) is 4.79 Å². The first kappa shape index (κ1) is 17.2. The van der Waals surface area contributed by atoms with Crippen LogP contribution in [-0.4, -0.2) is 30.0 Å². The second-order valence-corrected chi connectivity index (χ2v) is 6.53. The number of aryl methyl sites for hydroxylation is 1. The molecule has 130 valence electrons. The fraction of sp³-hybridized carbons (Fsp3) is 0.278. The van der Waals surface area contributed by atoms with Crippen LogP contribution in [0.1, 0.15) is 34.8 Å². The molecule has 1 unspecified atom stereocenters. The summed E-state index contributed by atoms with van der Waals surface area (Å²) >= 11 is 6.00. The number of carbonyl (C=O) groups is 1. The van der Waals surface area contributed by atoms with Crippen LogP contribution in [0.15, 0.2) is 34.9 Å². The van der Waals surface area contributed by atoms with Gasteiger partial charge in [-0.05, 0) is 38.1 Å². The van der Waals surface area contributed by atoms with E-state index < -0.39 is 0 Å². The first-order chi connectivity index (χ1) is 11.8. The maximum atomic E-state index is 12.5. The number of amides is 1. The number of carbonyl (C=O) groups excluding carboxylic acids is 1. The van der Waals surface area contributed by atoms with Gasteiger partial charge in [0, 0.05) is 30.7 Å². The summed E-state index contributed by atoms with van der Waals surface area (Å²) in [5, 5.41) is 4.46. The Morgan fingerprint density at radius 2 is 2.08 bits per heavy atom. The number of nitrogens with one attached hydrogen (secondary N) is 1. The van der Waals surface area contributed by atoms with Crippen molar-refractivity contribution >= 4 is 34.4 Å². The zero-order valence-corrected chi connectivity index (χ0v) is 15.3. The summed E-state index contributed by atoms with van der Waals surface area (Å²) in [4.78, 5) is 22.9. The molecule has 1 aromatic carbocycles. The molecule has 0 saturated carbocycles. The van der Waals surface area contributed by atoms with Crippen LogP contribution >= 0.6 is 11.6 Å². The fourth-order valence-corrected chi connectivity index (χ4v) is 2.67. The highest BCUT2D eigenvalue weighted by Gasteiger charge is 2.18. The number of nitrogens with zero attached hydrogens (tertiary/aromatic N) is 3. The number of fused-ring (bicyclic) bond motifs is 1. The summed E-state index contributed by atoms with van der Waals surface area (Å²) in [6.07, 6.45) is 1.54. The van der Waals surface area contributed by atoms with Crippen molar-refractivity contribution in [3.05, 3.63) is 52.5 Å². The van der Waals surface area contributed by atoms with E-state index in [1.54, 1.807) is 17.9 Å². The number of rotatable bonds is 4. The molecule has 0 fully saturated rings. The maximum Gasteiger partial charge on any atom is 0.255 e. The maximum absolute atomic E-state index is 12.5. The molecule has 3 rings (SSSR count). The highest BCUT2D eigenvalue weighted by molar-refractivity contribution is 6.31. The van der Waals surface area contributed by atoms with Crippen molar-refractivity contribution in [2.75, 3.05) is 19.0 Å². The molecule has 1 amide bonds. The summed E-state index contributed by atoms with van der Waals surface area (Å²) in [6.45, 7) is 3.65. The lowest BCUT2D eigenvalue weighted by atomic mass is 10.2. The van der Waals surface area contributed by atoms with Crippen LogP contribution in [0.4, 0.5) is 5.95 Å². The molecule has 0 bridgehead atoms. The van der Waals surface area contributed by atoms with E-state index in [0.717, 1.165) is 11.0 Å². The Bertz CT molecular complexity index is 936. The predicted octanol–water partition coefficient (Wildman–Crippen LogP) is 3.74. The number of anilines is 1. The van der Waals surface area contributed by atoms with Gasteiger partial charge in [-0.2, -0.15) is 0 Å². The van der Waals surface area contributed by atoms with E-state index in [2.05, 4.69) is 15.3 Å². The van der Waals surface area contributed by atoms with E-state index in [1.807, 2.05) is 39.2 Å². The molecular formula is C18H19ClN4O2. The van der Waals surface area contributed by atoms with Crippen molar-refractivity contribution in [3.63, 3.8) is 0 Å². The summed E-state index contributed by atoms with van der Waals surface area (Å²) < 4.78 is 5.79. The Hall–Kier alpha value is -2.60. The minimum atomic E-state index is -0.299. The minimum absolute atomic E-state index is 0.242. The van der Waals surface area contributed by atoms with E-state index in [0.29, 0.717) is 28.0 Å². The molecule has 0 saturated heterocycles. The molecule has 2 heterocycles. The monoisotopic (exact) mass is 358 g/mol. The number of hydrogen-bond donors (Lipinski definition) is 1. The quantitative estimate of drug-likeness (QED) is 0.769. The third kappa shape index (κ3) is 3.58. The van der Waals surface area contributed by atoms with Gasteiger partial charge in [-0.25, -0.2) is 9.97 Å². The number of furan rings is 1. The summed E-state index contributed by atoms with van der Waals surface area (Å²) in [6, 6.07) is 6.99. The smallest absolute Gasteiger partial charge is 0.255 e. The van der Waals surface area contributed by atoms with Gasteiger partial charge in [0.15, 0.2) is 0 Å². The van der Waals surface area contributed by atoms with Crippen LogP contribution in [0.25, 0.3) is 11.0 Å². The summed E-state index contributed by atoms with van der Waals surface area (Å²) in [5.74, 6) is 0.985. The predicted molar refractivity (Wildman–Crippen MR) is 98.2 cm³/mol. The molecule has 25 heavy (non-hydrogen) atoms. The summed E-state index contributed by atoms with van der Waals surface area (Å²) in [5.41, 5.74) is 1.80. The van der Waals surface area contributed by atoms with Crippen molar-refractivity contribution in [1.29, 1.82) is 0 Å². The number of benzene rings is 1. The summed E-state index contributed by atoms with van der Waals surface area (Å²) in [7, 11) is 3.70. The van der Waals surface area contributed by atoms with Crippen molar-refractivity contribution < 1.29 is 9.21 Å². The molecule has 0 aliphatic rings. The lowest BCUT2D eigenvalue weighted by Crippen LogP contribution is -2.28. The van der Waals surface area contributed by atoms with Gasteiger partial charge in [-0.3, -0.25) is 4.79 Å². The molecule has 0 radical (unpaired) electrons. The Labute approximate surface area is 150 Å². The van der Waals surface area contributed by atoms with Gasteiger partial charge < -0.3 is 14.6 Å². The molecule has 6 nitrogen and oxygen atoms in total. The van der Waals surface area contributed by atoms with Gasteiger partial charge >= 0.3 is 0 Å². The Morgan fingerprint density at radius 1 is 1.32 bits per heavy atom. The van der Waals surface area contributed by atoms with Gasteiger partial charge in [0.25, 0.3) is 5.91 Å². The number of halogens is 1. The third-order valence-electron chi connectivity index (χ3n) is 3.88. The third-order valence-corrected chi connectivity index (χ3v) is 4.12. The topological polar surface area (TPSA) is 71.3 Å². The van der Waals surface area contributed by atoms with Crippen LogP contribution in [0.3, 0.4) is 0 Å². The van der Waals surface area contributed by atoms with Crippen molar-refractivity contribution in [1.82, 2.24) is 15.3 Å². The van der Waals surface area contributed by atoms with E-state index in [4.69, 9.17) is 16.0 Å². The van der Waals surface area contributed by atoms with Crippen LogP contribution < -0.4 is 10.2 Å². The van der Waals surface area contributed by atoms with Gasteiger partial charge in [0.05, 0.1) is 17.3 Å². The lowest BCUT2D eigenvalue weighted by Gasteiger charge is -2.14. The van der Waals surface area contributed by atoms with E-state index in [-0.39, 0.29) is 11.9 Å². The van der Waals surface area contributed by atoms with Gasteiger partial charge in [0.2, 0.25) is 5.95 Å². The van der Waals surface area contributed by atoms with Gasteiger partial charge in [-0.15, -0.1) is 0 Å². The van der Waals surface area contributed by atoms with Crippen LogP contribution in [-0.2, 0) is 0 Å². The molecule has 1 N–H and O–H groups in total. The highest BCUT2D eigenvalue weighted by atomic mass is 35.5. The number of aromatic nitrogens is 2. The Kier molecular flexibility index (Phi) is 4.63. The van der Waals surface area contributed by atoms with Crippen molar-refractivity contribution in [2.24, 2.45) is 0 Å². The Morgan fingerprint density at radius 3 is 2.76 bits per heavy atom. The zero-order chi connectivity index (χ0) is 18.1. The van der Waals surface area contributed by atoms with Crippen molar-refractivity contribution in [2.45, 2.75) is 19.9 Å². The average Bonchev–Trinajstić information content (AvgIpc) is 2.97. The molecule has 3 aromatic rings. The first-order valence-corrected chi connectivity index (χ1v) is 8.24.